The number of carboxylic acids is 1. The van der Waals surface area contributed by atoms with E-state index in [1.54, 1.807) is 24.3 Å². The molecule has 1 atom stereocenters. The molecule has 1 aromatic heterocycles. The van der Waals surface area contributed by atoms with Gasteiger partial charge >= 0.3 is 5.97 Å². The van der Waals surface area contributed by atoms with Gasteiger partial charge in [0.05, 0.1) is 11.6 Å². The first-order valence-electron chi connectivity index (χ1n) is 11.7. The van der Waals surface area contributed by atoms with Crippen molar-refractivity contribution in [2.45, 2.75) is 46.1 Å². The van der Waals surface area contributed by atoms with Crippen molar-refractivity contribution >= 4 is 35.1 Å². The normalized spacial score (nSPS) is 14.5. The van der Waals surface area contributed by atoms with E-state index >= 15 is 0 Å². The van der Waals surface area contributed by atoms with Crippen molar-refractivity contribution in [1.82, 2.24) is 10.3 Å². The summed E-state index contributed by atoms with van der Waals surface area (Å²) in [6.45, 7) is 5.84. The van der Waals surface area contributed by atoms with Gasteiger partial charge in [-0.05, 0) is 67.7 Å². The second kappa shape index (κ2) is 10.0. The third-order valence-electron chi connectivity index (χ3n) is 6.49. The Morgan fingerprint density at radius 2 is 1.86 bits per heavy atom. The lowest BCUT2D eigenvalue weighted by atomic mass is 10.00. The molecule has 2 aromatic carbocycles. The molecule has 4 rings (SSSR count). The molecule has 1 aliphatic rings. The van der Waals surface area contributed by atoms with Crippen LogP contribution < -0.4 is 10.6 Å². The van der Waals surface area contributed by atoms with Crippen LogP contribution in [-0.2, 0) is 16.0 Å². The first kappa shape index (κ1) is 24.0. The van der Waals surface area contributed by atoms with Crippen molar-refractivity contribution in [2.75, 3.05) is 5.32 Å². The van der Waals surface area contributed by atoms with Gasteiger partial charge in [-0.1, -0.05) is 37.3 Å². The number of carbonyl (C=O) groups excluding carboxylic acids is 2. The van der Waals surface area contributed by atoms with Gasteiger partial charge in [-0.3, -0.25) is 14.4 Å². The van der Waals surface area contributed by atoms with E-state index in [0.717, 1.165) is 34.5 Å². The molecule has 7 nitrogen and oxygen atoms in total. The summed E-state index contributed by atoms with van der Waals surface area (Å²) in [6, 6.07) is 14.9. The van der Waals surface area contributed by atoms with Crippen molar-refractivity contribution in [3.63, 3.8) is 0 Å². The fourth-order valence-electron chi connectivity index (χ4n) is 4.53. The van der Waals surface area contributed by atoms with Crippen molar-refractivity contribution in [3.8, 4) is 0 Å². The Bertz CT molecular complexity index is 1320. The van der Waals surface area contributed by atoms with Crippen molar-refractivity contribution in [1.29, 1.82) is 0 Å². The summed E-state index contributed by atoms with van der Waals surface area (Å²) in [5.74, 6) is -1.30. The summed E-state index contributed by atoms with van der Waals surface area (Å²) >= 11 is 0. The summed E-state index contributed by atoms with van der Waals surface area (Å²) < 4.78 is 0. The van der Waals surface area contributed by atoms with Crippen LogP contribution in [0.5, 0.6) is 0 Å². The lowest BCUT2D eigenvalue weighted by Gasteiger charge is -2.17. The number of aromatic nitrogens is 1. The number of aryl methyl sites for hydroxylation is 1. The van der Waals surface area contributed by atoms with Crippen LogP contribution in [0.3, 0.4) is 0 Å². The maximum Gasteiger partial charge on any atom is 0.303 e. The van der Waals surface area contributed by atoms with Crippen molar-refractivity contribution in [2.24, 2.45) is 0 Å². The highest BCUT2D eigenvalue weighted by Gasteiger charge is 2.26. The van der Waals surface area contributed by atoms with E-state index in [2.05, 4.69) is 15.6 Å². The van der Waals surface area contributed by atoms with Crippen LogP contribution in [-0.4, -0.2) is 27.9 Å². The predicted molar refractivity (Wildman–Crippen MR) is 136 cm³/mol. The number of aliphatic carboxylic acids is 1. The molecule has 2 heterocycles. The van der Waals surface area contributed by atoms with Crippen LogP contribution in [0.2, 0.25) is 0 Å². The van der Waals surface area contributed by atoms with Crippen molar-refractivity contribution < 1.29 is 19.5 Å². The van der Waals surface area contributed by atoms with E-state index in [4.69, 9.17) is 5.11 Å². The molecule has 0 unspecified atom stereocenters. The smallest absolute Gasteiger partial charge is 0.303 e. The Balaban J connectivity index is 1.62. The highest BCUT2D eigenvalue weighted by Crippen LogP contribution is 2.35. The monoisotopic (exact) mass is 471 g/mol. The summed E-state index contributed by atoms with van der Waals surface area (Å²) in [7, 11) is 0. The lowest BCUT2D eigenvalue weighted by Crippen LogP contribution is -2.28. The first-order valence-corrected chi connectivity index (χ1v) is 11.7. The summed E-state index contributed by atoms with van der Waals surface area (Å²) in [6.07, 6.45) is 2.98. The largest absolute Gasteiger partial charge is 0.481 e. The molecule has 0 saturated heterocycles. The maximum absolute atomic E-state index is 13.1. The number of amides is 2. The highest BCUT2D eigenvalue weighted by atomic mass is 16.4. The number of aromatic amines is 1. The minimum absolute atomic E-state index is 0.0407. The molecule has 35 heavy (non-hydrogen) atoms. The second-order valence-electron chi connectivity index (χ2n) is 8.78. The van der Waals surface area contributed by atoms with Gasteiger partial charge in [0.2, 0.25) is 0 Å². The number of carboxylic acid groups (broad SMARTS) is 1. The number of hydrogen-bond donors (Lipinski definition) is 4. The Morgan fingerprint density at radius 3 is 2.54 bits per heavy atom. The summed E-state index contributed by atoms with van der Waals surface area (Å²) in [5, 5.41) is 15.0. The zero-order valence-corrected chi connectivity index (χ0v) is 20.1. The Hall–Kier alpha value is -4.13. The van der Waals surface area contributed by atoms with Gasteiger partial charge in [0, 0.05) is 34.6 Å². The molecule has 180 valence electrons. The minimum atomic E-state index is -0.850. The Kier molecular flexibility index (Phi) is 6.87. The van der Waals surface area contributed by atoms with E-state index in [0.29, 0.717) is 28.8 Å². The van der Waals surface area contributed by atoms with Crippen LogP contribution in [0, 0.1) is 13.8 Å². The number of benzene rings is 2. The van der Waals surface area contributed by atoms with Crippen molar-refractivity contribution in [3.05, 3.63) is 87.7 Å². The lowest BCUT2D eigenvalue weighted by molar-refractivity contribution is -0.137. The third kappa shape index (κ3) is 5.04. The highest BCUT2D eigenvalue weighted by molar-refractivity contribution is 6.35. The number of anilines is 1. The second-order valence-corrected chi connectivity index (χ2v) is 8.78. The van der Waals surface area contributed by atoms with Crippen LogP contribution in [0.4, 0.5) is 5.69 Å². The van der Waals surface area contributed by atoms with Gasteiger partial charge in [-0.25, -0.2) is 0 Å². The molecule has 0 radical (unpaired) electrons. The summed E-state index contributed by atoms with van der Waals surface area (Å²) in [4.78, 5) is 40.1. The van der Waals surface area contributed by atoms with Gasteiger partial charge in [0.15, 0.2) is 0 Å². The molecular weight excluding hydrogens is 442 g/mol. The quantitative estimate of drug-likeness (QED) is 0.346. The maximum atomic E-state index is 13.1. The van der Waals surface area contributed by atoms with E-state index in [1.807, 2.05) is 51.1 Å². The third-order valence-corrected chi connectivity index (χ3v) is 6.49. The predicted octanol–water partition coefficient (Wildman–Crippen LogP) is 5.02. The molecule has 0 saturated carbocycles. The number of nitrogens with one attached hydrogen (secondary N) is 3. The molecule has 0 spiro atoms. The number of H-pyrrole nitrogens is 1. The molecular formula is C28H29N3O4. The Labute approximate surface area is 204 Å². The zero-order chi connectivity index (χ0) is 25.1. The Morgan fingerprint density at radius 1 is 1.11 bits per heavy atom. The number of rotatable bonds is 8. The number of carbonyl (C=O) groups is 3. The molecule has 3 aromatic rings. The molecule has 7 heteroatoms. The van der Waals surface area contributed by atoms with E-state index in [1.165, 1.54) is 0 Å². The molecule has 1 aliphatic heterocycles. The van der Waals surface area contributed by atoms with Gasteiger partial charge in [0.1, 0.15) is 0 Å². The van der Waals surface area contributed by atoms with Crippen LogP contribution in [0.15, 0.2) is 48.5 Å². The number of fused-ring (bicyclic) bond motifs is 1. The molecule has 0 aliphatic carbocycles. The fraction of sp³-hybridized carbons (Fsp3) is 0.250. The number of hydrogen-bond acceptors (Lipinski definition) is 3. The summed E-state index contributed by atoms with van der Waals surface area (Å²) in [5.41, 5.74) is 6.78. The van der Waals surface area contributed by atoms with Gasteiger partial charge in [-0.15, -0.1) is 0 Å². The fourth-order valence-corrected chi connectivity index (χ4v) is 4.53. The van der Waals surface area contributed by atoms with Gasteiger partial charge in [-0.2, -0.15) is 0 Å². The first-order chi connectivity index (χ1) is 16.8. The topological polar surface area (TPSA) is 111 Å². The van der Waals surface area contributed by atoms with E-state index in [9.17, 15) is 14.4 Å². The van der Waals surface area contributed by atoms with E-state index in [-0.39, 0.29) is 24.3 Å². The molecule has 0 fully saturated rings. The molecule has 4 N–H and O–H groups in total. The average Bonchev–Trinajstić information content (AvgIpc) is 3.30. The standard InChI is InChI=1S/C28H29N3O4/c1-4-23(18-8-6-5-7-9-18)30-27(34)19-10-12-24-21(14-19)22(28(35)31-24)15-25-16(2)20(17(3)29-25)11-13-26(32)33/h5-10,12,14-15,23,29H,4,11,13H2,1-3H3,(H,30,34)(H,31,35)(H,32,33)/b22-15-/t23-/m1/s1. The van der Waals surface area contributed by atoms with Gasteiger partial charge in [0.25, 0.3) is 11.8 Å². The van der Waals surface area contributed by atoms with Crippen LogP contribution in [0.25, 0.3) is 11.6 Å². The van der Waals surface area contributed by atoms with Gasteiger partial charge < -0.3 is 20.7 Å². The van der Waals surface area contributed by atoms with E-state index < -0.39 is 5.97 Å². The minimum Gasteiger partial charge on any atom is -0.481 e. The SMILES string of the molecule is CC[C@@H](NC(=O)c1ccc2c(c1)/C(=C/c1[nH]c(C)c(CCC(=O)O)c1C)C(=O)N2)c1ccccc1. The molecule has 0 bridgehead atoms. The zero-order valence-electron chi connectivity index (χ0n) is 20.1. The average molecular weight is 472 g/mol. The molecule has 2 amide bonds. The van der Waals surface area contributed by atoms with Crippen LogP contribution >= 0.6 is 0 Å². The van der Waals surface area contributed by atoms with Crippen LogP contribution in [0.1, 0.15) is 69.8 Å².